The molecule has 20 heavy (non-hydrogen) atoms. The molecule has 2 aliphatic heterocycles. The molecule has 1 N–H and O–H groups in total. The molecule has 8 heteroatoms. The van der Waals surface area contributed by atoms with E-state index in [1.807, 2.05) is 0 Å². The molecule has 3 rings (SSSR count). The Balaban J connectivity index is 1.94. The van der Waals surface area contributed by atoms with Crippen molar-refractivity contribution in [1.29, 1.82) is 0 Å². The van der Waals surface area contributed by atoms with E-state index < -0.39 is 22.0 Å². The molecule has 1 saturated heterocycles. The summed E-state index contributed by atoms with van der Waals surface area (Å²) in [6.45, 7) is 0.998. The van der Waals surface area contributed by atoms with Gasteiger partial charge in [0.15, 0.2) is 11.5 Å². The SMILES string of the molecule is O=C(O)C1CCN1S(=O)(=O)c1ccc2c(c1)OCCO2. The number of hydrogen-bond acceptors (Lipinski definition) is 5. The molecule has 0 aliphatic carbocycles. The van der Waals surface area contributed by atoms with Gasteiger partial charge in [-0.15, -0.1) is 0 Å². The number of sulfonamides is 1. The standard InChI is InChI=1S/C12H13NO6S/c14-12(15)9-3-4-13(9)20(16,17)8-1-2-10-11(7-8)19-6-5-18-10/h1-2,7,9H,3-6H2,(H,14,15). The lowest BCUT2D eigenvalue weighted by molar-refractivity contribution is -0.144. The van der Waals surface area contributed by atoms with Crippen LogP contribution in [-0.2, 0) is 14.8 Å². The van der Waals surface area contributed by atoms with Crippen molar-refractivity contribution in [2.45, 2.75) is 17.4 Å². The number of carboxylic acid groups (broad SMARTS) is 1. The number of carbonyl (C=O) groups is 1. The van der Waals surface area contributed by atoms with Gasteiger partial charge in [0.1, 0.15) is 19.3 Å². The molecule has 0 bridgehead atoms. The number of rotatable bonds is 3. The Hall–Kier alpha value is -1.80. The van der Waals surface area contributed by atoms with Crippen molar-refractivity contribution in [1.82, 2.24) is 4.31 Å². The van der Waals surface area contributed by atoms with Crippen LogP contribution in [0.3, 0.4) is 0 Å². The van der Waals surface area contributed by atoms with E-state index in [1.165, 1.54) is 18.2 Å². The second kappa shape index (κ2) is 4.64. The van der Waals surface area contributed by atoms with Crippen molar-refractivity contribution in [3.63, 3.8) is 0 Å². The van der Waals surface area contributed by atoms with Crippen LogP contribution in [0.4, 0.5) is 0 Å². The Morgan fingerprint density at radius 3 is 2.55 bits per heavy atom. The van der Waals surface area contributed by atoms with Gasteiger partial charge in [-0.05, 0) is 18.6 Å². The van der Waals surface area contributed by atoms with Crippen molar-refractivity contribution in [2.75, 3.05) is 19.8 Å². The molecule has 1 fully saturated rings. The van der Waals surface area contributed by atoms with Gasteiger partial charge in [-0.1, -0.05) is 0 Å². The summed E-state index contributed by atoms with van der Waals surface area (Å²) in [5.41, 5.74) is 0. The van der Waals surface area contributed by atoms with E-state index in [9.17, 15) is 13.2 Å². The lowest BCUT2D eigenvalue weighted by atomic mass is 10.1. The topological polar surface area (TPSA) is 93.1 Å². The van der Waals surface area contributed by atoms with Crippen LogP contribution in [0, 0.1) is 0 Å². The fraction of sp³-hybridized carbons (Fsp3) is 0.417. The minimum Gasteiger partial charge on any atom is -0.486 e. The van der Waals surface area contributed by atoms with Gasteiger partial charge in [0.05, 0.1) is 4.90 Å². The Morgan fingerprint density at radius 1 is 1.25 bits per heavy atom. The minimum atomic E-state index is -3.81. The van der Waals surface area contributed by atoms with Crippen LogP contribution in [-0.4, -0.2) is 49.6 Å². The summed E-state index contributed by atoms with van der Waals surface area (Å²) in [6.07, 6.45) is 0.332. The molecular weight excluding hydrogens is 286 g/mol. The maximum atomic E-state index is 12.4. The number of aliphatic carboxylic acids is 1. The number of nitrogens with zero attached hydrogens (tertiary/aromatic N) is 1. The van der Waals surface area contributed by atoms with E-state index in [4.69, 9.17) is 14.6 Å². The Labute approximate surface area is 115 Å². The molecule has 0 aromatic heterocycles. The molecule has 1 aromatic carbocycles. The molecule has 1 aromatic rings. The molecule has 7 nitrogen and oxygen atoms in total. The molecule has 2 heterocycles. The Bertz CT molecular complexity index is 656. The van der Waals surface area contributed by atoms with Crippen LogP contribution in [0.2, 0.25) is 0 Å². The van der Waals surface area contributed by atoms with Crippen molar-refractivity contribution >= 4 is 16.0 Å². The van der Waals surface area contributed by atoms with Crippen LogP contribution in [0.25, 0.3) is 0 Å². The molecular formula is C12H13NO6S. The summed E-state index contributed by atoms with van der Waals surface area (Å²) in [6, 6.07) is 3.33. The fourth-order valence-electron chi connectivity index (χ4n) is 2.22. The molecule has 0 amide bonds. The number of hydrogen-bond donors (Lipinski definition) is 1. The van der Waals surface area contributed by atoms with Crippen molar-refractivity contribution in [3.8, 4) is 11.5 Å². The molecule has 0 saturated carbocycles. The monoisotopic (exact) mass is 299 g/mol. The summed E-state index contributed by atoms with van der Waals surface area (Å²) in [4.78, 5) is 11.0. The number of carboxylic acids is 1. The van der Waals surface area contributed by atoms with Crippen molar-refractivity contribution in [3.05, 3.63) is 18.2 Å². The lowest BCUT2D eigenvalue weighted by Crippen LogP contribution is -2.54. The number of fused-ring (bicyclic) bond motifs is 1. The number of benzene rings is 1. The zero-order valence-corrected chi connectivity index (χ0v) is 11.3. The zero-order valence-electron chi connectivity index (χ0n) is 10.5. The quantitative estimate of drug-likeness (QED) is 0.863. The van der Waals surface area contributed by atoms with E-state index in [0.29, 0.717) is 31.1 Å². The first kappa shape index (κ1) is 13.2. The second-order valence-corrected chi connectivity index (χ2v) is 6.45. The third-order valence-corrected chi connectivity index (χ3v) is 5.28. The summed E-state index contributed by atoms with van der Waals surface area (Å²) in [5, 5.41) is 8.96. The van der Waals surface area contributed by atoms with Gasteiger partial charge in [0.2, 0.25) is 10.0 Å². The Kier molecular flexibility index (Phi) is 3.06. The van der Waals surface area contributed by atoms with Gasteiger partial charge in [-0.2, -0.15) is 4.31 Å². The lowest BCUT2D eigenvalue weighted by Gasteiger charge is -2.36. The average molecular weight is 299 g/mol. The summed E-state index contributed by atoms with van der Waals surface area (Å²) >= 11 is 0. The molecule has 2 aliphatic rings. The van der Waals surface area contributed by atoms with Crippen LogP contribution >= 0.6 is 0 Å². The van der Waals surface area contributed by atoms with Crippen LogP contribution in [0.5, 0.6) is 11.5 Å². The first-order chi connectivity index (χ1) is 9.50. The van der Waals surface area contributed by atoms with Crippen molar-refractivity contribution in [2.24, 2.45) is 0 Å². The summed E-state index contributed by atoms with van der Waals surface area (Å²) < 4.78 is 36.4. The van der Waals surface area contributed by atoms with E-state index in [-0.39, 0.29) is 11.4 Å². The largest absolute Gasteiger partial charge is 0.486 e. The van der Waals surface area contributed by atoms with Crippen LogP contribution in [0.15, 0.2) is 23.1 Å². The normalized spacial score (nSPS) is 22.1. The van der Waals surface area contributed by atoms with Gasteiger partial charge >= 0.3 is 5.97 Å². The van der Waals surface area contributed by atoms with Crippen LogP contribution < -0.4 is 9.47 Å². The first-order valence-corrected chi connectivity index (χ1v) is 7.58. The van der Waals surface area contributed by atoms with E-state index >= 15 is 0 Å². The molecule has 1 atom stereocenters. The Morgan fingerprint density at radius 2 is 1.95 bits per heavy atom. The first-order valence-electron chi connectivity index (χ1n) is 6.14. The molecule has 0 spiro atoms. The van der Waals surface area contributed by atoms with E-state index in [2.05, 4.69) is 0 Å². The third kappa shape index (κ3) is 2.01. The van der Waals surface area contributed by atoms with Crippen molar-refractivity contribution < 1.29 is 27.8 Å². The summed E-state index contributed by atoms with van der Waals surface area (Å²) in [7, 11) is -3.81. The molecule has 1 unspecified atom stereocenters. The third-order valence-electron chi connectivity index (χ3n) is 3.38. The van der Waals surface area contributed by atoms with Gasteiger partial charge in [0, 0.05) is 12.6 Å². The minimum absolute atomic E-state index is 0.0210. The average Bonchev–Trinajstić information content (AvgIpc) is 2.35. The maximum absolute atomic E-state index is 12.4. The fourth-order valence-corrected chi connectivity index (χ4v) is 3.86. The van der Waals surface area contributed by atoms with Gasteiger partial charge in [-0.3, -0.25) is 4.79 Å². The van der Waals surface area contributed by atoms with E-state index in [0.717, 1.165) is 4.31 Å². The van der Waals surface area contributed by atoms with Gasteiger partial charge in [0.25, 0.3) is 0 Å². The van der Waals surface area contributed by atoms with Crippen LogP contribution in [0.1, 0.15) is 6.42 Å². The highest BCUT2D eigenvalue weighted by Crippen LogP contribution is 2.35. The zero-order chi connectivity index (χ0) is 14.3. The van der Waals surface area contributed by atoms with Gasteiger partial charge < -0.3 is 14.6 Å². The summed E-state index contributed by atoms with van der Waals surface area (Å²) in [5.74, 6) is -0.268. The highest BCUT2D eigenvalue weighted by molar-refractivity contribution is 7.89. The predicted octanol–water partition coefficient (Wildman–Crippen LogP) is 0.305. The number of ether oxygens (including phenoxy) is 2. The van der Waals surface area contributed by atoms with Gasteiger partial charge in [-0.25, -0.2) is 8.42 Å². The molecule has 0 radical (unpaired) electrons. The predicted molar refractivity (Wildman–Crippen MR) is 67.4 cm³/mol. The molecule has 108 valence electrons. The smallest absolute Gasteiger partial charge is 0.322 e. The highest BCUT2D eigenvalue weighted by Gasteiger charge is 2.43. The van der Waals surface area contributed by atoms with E-state index in [1.54, 1.807) is 0 Å². The maximum Gasteiger partial charge on any atom is 0.322 e. The second-order valence-electron chi connectivity index (χ2n) is 4.56. The highest BCUT2D eigenvalue weighted by atomic mass is 32.2.